The minimum atomic E-state index is -3.45. The molecule has 0 bridgehead atoms. The molecule has 0 atom stereocenters. The van der Waals surface area contributed by atoms with E-state index in [1.165, 1.54) is 4.31 Å². The van der Waals surface area contributed by atoms with Gasteiger partial charge in [0.2, 0.25) is 15.9 Å². The third-order valence-corrected chi connectivity index (χ3v) is 5.20. The van der Waals surface area contributed by atoms with Gasteiger partial charge in [-0.25, -0.2) is 8.42 Å². The molecule has 0 fully saturated rings. The Morgan fingerprint density at radius 1 is 1.12 bits per heavy atom. The van der Waals surface area contributed by atoms with E-state index in [1.54, 1.807) is 55.6 Å². The first kappa shape index (κ1) is 20.2. The molecule has 0 saturated carbocycles. The summed E-state index contributed by atoms with van der Waals surface area (Å²) in [6, 6.07) is 13.8. The van der Waals surface area contributed by atoms with Crippen LogP contribution in [0.4, 0.5) is 5.69 Å². The SMILES string of the molecule is COc1ccc(NC(=O)CCN(Cc2ccc(Cl)cc2)S(C)(=O)=O)cc1. The summed E-state index contributed by atoms with van der Waals surface area (Å²) in [5.74, 6) is 0.425. The molecule has 0 aromatic heterocycles. The molecule has 6 nitrogen and oxygen atoms in total. The highest BCUT2D eigenvalue weighted by atomic mass is 35.5. The Kier molecular flexibility index (Phi) is 7.02. The summed E-state index contributed by atoms with van der Waals surface area (Å²) in [6.45, 7) is 0.273. The number of halogens is 1. The van der Waals surface area contributed by atoms with Gasteiger partial charge in [0.25, 0.3) is 0 Å². The van der Waals surface area contributed by atoms with E-state index in [9.17, 15) is 13.2 Å². The van der Waals surface area contributed by atoms with Crippen LogP contribution in [-0.4, -0.2) is 38.5 Å². The van der Waals surface area contributed by atoms with Crippen LogP contribution in [0.3, 0.4) is 0 Å². The lowest BCUT2D eigenvalue weighted by atomic mass is 10.2. The molecular formula is C18H21ClN2O4S. The zero-order valence-corrected chi connectivity index (χ0v) is 16.2. The molecule has 0 aliphatic heterocycles. The Hall–Kier alpha value is -2.09. The van der Waals surface area contributed by atoms with Gasteiger partial charge in [-0.05, 0) is 42.0 Å². The van der Waals surface area contributed by atoms with E-state index >= 15 is 0 Å². The average Bonchev–Trinajstić information content (AvgIpc) is 2.60. The average molecular weight is 397 g/mol. The van der Waals surface area contributed by atoms with Crippen molar-refractivity contribution in [2.45, 2.75) is 13.0 Å². The highest BCUT2D eigenvalue weighted by molar-refractivity contribution is 7.88. The first-order chi connectivity index (χ1) is 12.3. The molecule has 2 aromatic rings. The lowest BCUT2D eigenvalue weighted by Gasteiger charge is -2.20. The first-order valence-corrected chi connectivity index (χ1v) is 10.1. The molecule has 0 radical (unpaired) electrons. The van der Waals surface area contributed by atoms with Crippen molar-refractivity contribution in [3.8, 4) is 5.75 Å². The summed E-state index contributed by atoms with van der Waals surface area (Å²) in [5.41, 5.74) is 1.43. The van der Waals surface area contributed by atoms with Crippen molar-refractivity contribution in [1.29, 1.82) is 0 Å². The number of nitrogens with one attached hydrogen (secondary N) is 1. The maximum Gasteiger partial charge on any atom is 0.225 e. The smallest absolute Gasteiger partial charge is 0.225 e. The van der Waals surface area contributed by atoms with Crippen molar-refractivity contribution >= 4 is 33.2 Å². The first-order valence-electron chi connectivity index (χ1n) is 7.91. The molecule has 8 heteroatoms. The van der Waals surface area contributed by atoms with E-state index in [0.717, 1.165) is 11.8 Å². The third kappa shape index (κ3) is 6.33. The molecule has 140 valence electrons. The maximum atomic E-state index is 12.1. The van der Waals surface area contributed by atoms with E-state index in [2.05, 4.69) is 5.32 Å². The van der Waals surface area contributed by atoms with Crippen LogP contribution >= 0.6 is 11.6 Å². The van der Waals surface area contributed by atoms with E-state index < -0.39 is 10.0 Å². The Morgan fingerprint density at radius 3 is 2.27 bits per heavy atom. The van der Waals surface area contributed by atoms with Gasteiger partial charge < -0.3 is 10.1 Å². The lowest BCUT2D eigenvalue weighted by Crippen LogP contribution is -2.32. The van der Waals surface area contributed by atoms with Crippen LogP contribution in [0.2, 0.25) is 5.02 Å². The van der Waals surface area contributed by atoms with Crippen molar-refractivity contribution < 1.29 is 17.9 Å². The number of hydrogen-bond acceptors (Lipinski definition) is 4. The molecule has 0 heterocycles. The summed E-state index contributed by atoms with van der Waals surface area (Å²) in [6.07, 6.45) is 1.18. The minimum absolute atomic E-state index is 0.0483. The van der Waals surface area contributed by atoms with E-state index in [1.807, 2.05) is 0 Å². The Labute approximate surface area is 158 Å². The fourth-order valence-electron chi connectivity index (χ4n) is 2.28. The van der Waals surface area contributed by atoms with E-state index in [4.69, 9.17) is 16.3 Å². The largest absolute Gasteiger partial charge is 0.497 e. The molecule has 0 aliphatic rings. The molecular weight excluding hydrogens is 376 g/mol. The number of amides is 1. The molecule has 0 aliphatic carbocycles. The monoisotopic (exact) mass is 396 g/mol. The molecule has 0 unspecified atom stereocenters. The second-order valence-corrected chi connectivity index (χ2v) is 8.17. The van der Waals surface area contributed by atoms with Gasteiger partial charge >= 0.3 is 0 Å². The number of nitrogens with zero attached hydrogens (tertiary/aromatic N) is 1. The third-order valence-electron chi connectivity index (χ3n) is 3.70. The zero-order valence-electron chi connectivity index (χ0n) is 14.6. The number of hydrogen-bond donors (Lipinski definition) is 1. The quantitative estimate of drug-likeness (QED) is 0.743. The summed E-state index contributed by atoms with van der Waals surface area (Å²) in [7, 11) is -1.88. The summed E-state index contributed by atoms with van der Waals surface area (Å²) >= 11 is 5.84. The number of methoxy groups -OCH3 is 1. The van der Waals surface area contributed by atoms with Crippen LogP contribution in [0, 0.1) is 0 Å². The molecule has 26 heavy (non-hydrogen) atoms. The Bertz CT molecular complexity index is 836. The number of ether oxygens (including phenoxy) is 1. The predicted octanol–water partition coefficient (Wildman–Crippen LogP) is 3.14. The van der Waals surface area contributed by atoms with Crippen LogP contribution in [0.1, 0.15) is 12.0 Å². The number of carbonyl (C=O) groups excluding carboxylic acids is 1. The fourth-order valence-corrected chi connectivity index (χ4v) is 3.21. The van der Waals surface area contributed by atoms with Gasteiger partial charge in [-0.3, -0.25) is 4.79 Å². The van der Waals surface area contributed by atoms with Crippen molar-refractivity contribution in [2.24, 2.45) is 0 Å². The van der Waals surface area contributed by atoms with Gasteiger partial charge in [-0.15, -0.1) is 0 Å². The summed E-state index contributed by atoms with van der Waals surface area (Å²) in [5, 5.41) is 3.32. The van der Waals surface area contributed by atoms with Crippen molar-refractivity contribution in [3.05, 3.63) is 59.1 Å². The fraction of sp³-hybridized carbons (Fsp3) is 0.278. The highest BCUT2D eigenvalue weighted by Crippen LogP contribution is 2.16. The van der Waals surface area contributed by atoms with E-state index in [0.29, 0.717) is 16.5 Å². The predicted molar refractivity (Wildman–Crippen MR) is 103 cm³/mol. The summed E-state index contributed by atoms with van der Waals surface area (Å²) < 4.78 is 30.3. The highest BCUT2D eigenvalue weighted by Gasteiger charge is 2.18. The minimum Gasteiger partial charge on any atom is -0.497 e. The van der Waals surface area contributed by atoms with Gasteiger partial charge in [0, 0.05) is 30.2 Å². The van der Waals surface area contributed by atoms with Crippen LogP contribution in [-0.2, 0) is 21.4 Å². The van der Waals surface area contributed by atoms with Crippen molar-refractivity contribution in [3.63, 3.8) is 0 Å². The van der Waals surface area contributed by atoms with Crippen LogP contribution in [0.15, 0.2) is 48.5 Å². The summed E-state index contributed by atoms with van der Waals surface area (Å²) in [4.78, 5) is 12.1. The van der Waals surface area contributed by atoms with Gasteiger partial charge in [-0.2, -0.15) is 4.31 Å². The number of anilines is 1. The second kappa shape index (κ2) is 9.02. The zero-order chi connectivity index (χ0) is 19.2. The topological polar surface area (TPSA) is 75.7 Å². The number of carbonyl (C=O) groups is 1. The van der Waals surface area contributed by atoms with Crippen LogP contribution in [0.5, 0.6) is 5.75 Å². The number of sulfonamides is 1. The van der Waals surface area contributed by atoms with E-state index in [-0.39, 0.29) is 25.4 Å². The molecule has 2 rings (SSSR count). The number of benzene rings is 2. The molecule has 0 saturated heterocycles. The van der Waals surface area contributed by atoms with Crippen LogP contribution in [0.25, 0.3) is 0 Å². The second-order valence-electron chi connectivity index (χ2n) is 5.75. The molecule has 1 N–H and O–H groups in total. The Balaban J connectivity index is 1.95. The molecule has 2 aromatic carbocycles. The van der Waals surface area contributed by atoms with Gasteiger partial charge in [0.05, 0.1) is 13.4 Å². The number of rotatable bonds is 8. The van der Waals surface area contributed by atoms with Gasteiger partial charge in [-0.1, -0.05) is 23.7 Å². The molecule has 0 spiro atoms. The normalized spacial score (nSPS) is 11.4. The molecule has 1 amide bonds. The van der Waals surface area contributed by atoms with Crippen molar-refractivity contribution in [2.75, 3.05) is 25.2 Å². The van der Waals surface area contributed by atoms with Gasteiger partial charge in [0.15, 0.2) is 0 Å². The maximum absolute atomic E-state index is 12.1. The Morgan fingerprint density at radius 2 is 1.73 bits per heavy atom. The standard InChI is InChI=1S/C18H21ClN2O4S/c1-25-17-9-7-16(8-10-17)20-18(22)11-12-21(26(2,23)24)13-14-3-5-15(19)6-4-14/h3-10H,11-13H2,1-2H3,(H,20,22). The van der Waals surface area contributed by atoms with Gasteiger partial charge in [0.1, 0.15) is 5.75 Å². The van der Waals surface area contributed by atoms with Crippen molar-refractivity contribution in [1.82, 2.24) is 4.31 Å². The lowest BCUT2D eigenvalue weighted by molar-refractivity contribution is -0.116. The van der Waals surface area contributed by atoms with Crippen LogP contribution < -0.4 is 10.1 Å².